The van der Waals surface area contributed by atoms with Crippen molar-refractivity contribution in [2.45, 2.75) is 36.5 Å². The van der Waals surface area contributed by atoms with Gasteiger partial charge >= 0.3 is 0 Å². The number of benzene rings is 1. The summed E-state index contributed by atoms with van der Waals surface area (Å²) in [5, 5.41) is 9.05. The standard InChI is InChI=1S/C20H23NO2S/c1-24-16-9-7-14(8-10-16)17(4-2-3-13-22)19-12-11-18(15-5-6-15)20(23)21-19/h4,7-12,15,22H,2-3,5-6,13H2,1H3,(H,21,23)/b17-4-. The van der Waals surface area contributed by atoms with Crippen molar-refractivity contribution < 1.29 is 5.11 Å². The Morgan fingerprint density at radius 2 is 2.00 bits per heavy atom. The first-order valence-electron chi connectivity index (χ1n) is 8.42. The van der Waals surface area contributed by atoms with Gasteiger partial charge in [0, 0.05) is 28.3 Å². The van der Waals surface area contributed by atoms with Gasteiger partial charge in [-0.05, 0) is 61.6 Å². The largest absolute Gasteiger partial charge is 0.396 e. The minimum atomic E-state index is 0.0313. The monoisotopic (exact) mass is 341 g/mol. The Labute approximate surface area is 146 Å². The van der Waals surface area contributed by atoms with E-state index in [1.807, 2.05) is 12.1 Å². The van der Waals surface area contributed by atoms with Crippen LogP contribution in [0.2, 0.25) is 0 Å². The number of unbranched alkanes of at least 4 members (excludes halogenated alkanes) is 1. The third-order valence-corrected chi connectivity index (χ3v) is 5.10. The molecule has 3 rings (SSSR count). The molecule has 2 aromatic rings. The Balaban J connectivity index is 1.95. The molecule has 1 aliphatic rings. The number of hydrogen-bond acceptors (Lipinski definition) is 3. The first-order valence-corrected chi connectivity index (χ1v) is 9.64. The molecule has 4 heteroatoms. The molecule has 0 aliphatic heterocycles. The van der Waals surface area contributed by atoms with Gasteiger partial charge in [0.05, 0.1) is 0 Å². The van der Waals surface area contributed by atoms with Crippen LogP contribution in [0.1, 0.15) is 48.4 Å². The highest BCUT2D eigenvalue weighted by Crippen LogP contribution is 2.38. The van der Waals surface area contributed by atoms with Crippen molar-refractivity contribution in [3.8, 4) is 0 Å². The van der Waals surface area contributed by atoms with Crippen LogP contribution < -0.4 is 5.56 Å². The zero-order valence-electron chi connectivity index (χ0n) is 13.9. The van der Waals surface area contributed by atoms with Crippen LogP contribution in [0.3, 0.4) is 0 Å². The molecule has 0 bridgehead atoms. The van der Waals surface area contributed by atoms with Gasteiger partial charge in [0.2, 0.25) is 0 Å². The fourth-order valence-corrected chi connectivity index (χ4v) is 3.26. The lowest BCUT2D eigenvalue weighted by atomic mass is 9.99. The van der Waals surface area contributed by atoms with E-state index in [2.05, 4.69) is 41.6 Å². The SMILES string of the molecule is CSc1ccc(/C(=C/CCCO)c2ccc(C3CC3)c(=O)[nH]2)cc1. The average Bonchev–Trinajstić information content (AvgIpc) is 3.44. The van der Waals surface area contributed by atoms with Crippen LogP contribution in [-0.4, -0.2) is 23.0 Å². The number of pyridine rings is 1. The smallest absolute Gasteiger partial charge is 0.251 e. The molecule has 1 aromatic heterocycles. The van der Waals surface area contributed by atoms with E-state index in [9.17, 15) is 4.79 Å². The normalized spacial score (nSPS) is 14.8. The molecule has 126 valence electrons. The maximum Gasteiger partial charge on any atom is 0.251 e. The molecule has 1 heterocycles. The Hall–Kier alpha value is -1.78. The highest BCUT2D eigenvalue weighted by atomic mass is 32.2. The number of hydrogen-bond donors (Lipinski definition) is 2. The maximum absolute atomic E-state index is 12.4. The highest BCUT2D eigenvalue weighted by Gasteiger charge is 2.26. The van der Waals surface area contributed by atoms with Crippen LogP contribution in [0.25, 0.3) is 5.57 Å². The van der Waals surface area contributed by atoms with Crippen molar-refractivity contribution >= 4 is 17.3 Å². The van der Waals surface area contributed by atoms with Gasteiger partial charge in [-0.3, -0.25) is 4.79 Å². The lowest BCUT2D eigenvalue weighted by Gasteiger charge is -2.10. The number of aliphatic hydroxyl groups is 1. The summed E-state index contributed by atoms with van der Waals surface area (Å²) in [5.74, 6) is 0.450. The second kappa shape index (κ2) is 7.86. The lowest BCUT2D eigenvalue weighted by molar-refractivity contribution is 0.289. The van der Waals surface area contributed by atoms with E-state index in [0.717, 1.165) is 48.1 Å². The van der Waals surface area contributed by atoms with Crippen LogP contribution >= 0.6 is 11.8 Å². The molecule has 2 N–H and O–H groups in total. The van der Waals surface area contributed by atoms with E-state index in [0.29, 0.717) is 5.92 Å². The zero-order chi connectivity index (χ0) is 16.9. The summed E-state index contributed by atoms with van der Waals surface area (Å²) in [6.07, 6.45) is 7.91. The van der Waals surface area contributed by atoms with Crippen LogP contribution in [0.4, 0.5) is 0 Å². The number of aromatic nitrogens is 1. The minimum Gasteiger partial charge on any atom is -0.396 e. The summed E-state index contributed by atoms with van der Waals surface area (Å²) >= 11 is 1.71. The van der Waals surface area contributed by atoms with Gasteiger partial charge in [-0.2, -0.15) is 0 Å². The average molecular weight is 341 g/mol. The van der Waals surface area contributed by atoms with Crippen LogP contribution in [-0.2, 0) is 0 Å². The number of rotatable bonds is 7. The number of allylic oxidation sites excluding steroid dienone is 1. The molecule has 3 nitrogen and oxygen atoms in total. The summed E-state index contributed by atoms with van der Waals surface area (Å²) in [6.45, 7) is 0.173. The second-order valence-corrected chi connectivity index (χ2v) is 7.02. The summed E-state index contributed by atoms with van der Waals surface area (Å²) in [6, 6.07) is 12.4. The van der Waals surface area contributed by atoms with Gasteiger partial charge in [0.15, 0.2) is 0 Å². The molecular formula is C20H23NO2S. The molecule has 0 amide bonds. The maximum atomic E-state index is 12.4. The van der Waals surface area contributed by atoms with Gasteiger partial charge < -0.3 is 10.1 Å². The number of H-pyrrole nitrogens is 1. The van der Waals surface area contributed by atoms with E-state index in [1.165, 1.54) is 4.90 Å². The Morgan fingerprint density at radius 3 is 2.58 bits per heavy atom. The van der Waals surface area contributed by atoms with Crippen molar-refractivity contribution in [3.05, 3.63) is 69.6 Å². The Kier molecular flexibility index (Phi) is 5.59. The second-order valence-electron chi connectivity index (χ2n) is 6.14. The van der Waals surface area contributed by atoms with Crippen molar-refractivity contribution in [2.75, 3.05) is 12.9 Å². The van der Waals surface area contributed by atoms with E-state index in [4.69, 9.17) is 5.11 Å². The van der Waals surface area contributed by atoms with Gasteiger partial charge in [0.1, 0.15) is 0 Å². The fourth-order valence-electron chi connectivity index (χ4n) is 2.85. The molecule has 0 spiro atoms. The highest BCUT2D eigenvalue weighted by molar-refractivity contribution is 7.98. The Bertz CT molecular complexity index is 773. The molecule has 0 atom stereocenters. The van der Waals surface area contributed by atoms with Crippen molar-refractivity contribution in [1.29, 1.82) is 0 Å². The minimum absolute atomic E-state index is 0.0313. The molecule has 1 aliphatic carbocycles. The number of thioether (sulfide) groups is 1. The summed E-state index contributed by atoms with van der Waals surface area (Å²) in [7, 11) is 0. The first-order chi connectivity index (χ1) is 11.7. The quantitative estimate of drug-likeness (QED) is 0.587. The predicted molar refractivity (Wildman–Crippen MR) is 101 cm³/mol. The third kappa shape index (κ3) is 4.00. The van der Waals surface area contributed by atoms with E-state index in [-0.39, 0.29) is 12.2 Å². The molecule has 0 radical (unpaired) electrons. The zero-order valence-corrected chi connectivity index (χ0v) is 14.7. The van der Waals surface area contributed by atoms with E-state index in [1.54, 1.807) is 11.8 Å². The molecule has 1 fully saturated rings. The summed E-state index contributed by atoms with van der Waals surface area (Å²) in [4.78, 5) is 16.6. The number of nitrogens with one attached hydrogen (secondary N) is 1. The lowest BCUT2D eigenvalue weighted by Crippen LogP contribution is -2.13. The molecule has 0 saturated heterocycles. The fraction of sp³-hybridized carbons (Fsp3) is 0.350. The van der Waals surface area contributed by atoms with E-state index < -0.39 is 0 Å². The topological polar surface area (TPSA) is 53.1 Å². The van der Waals surface area contributed by atoms with Gasteiger partial charge in [0.25, 0.3) is 5.56 Å². The Morgan fingerprint density at radius 1 is 1.25 bits per heavy atom. The number of aliphatic hydroxyl groups excluding tert-OH is 1. The molecule has 24 heavy (non-hydrogen) atoms. The van der Waals surface area contributed by atoms with Gasteiger partial charge in [-0.1, -0.05) is 24.3 Å². The summed E-state index contributed by atoms with van der Waals surface area (Å²) < 4.78 is 0. The van der Waals surface area contributed by atoms with Crippen LogP contribution in [0.5, 0.6) is 0 Å². The van der Waals surface area contributed by atoms with Crippen molar-refractivity contribution in [1.82, 2.24) is 4.98 Å². The molecule has 0 unspecified atom stereocenters. The molecule has 1 aromatic carbocycles. The van der Waals surface area contributed by atoms with Gasteiger partial charge in [-0.15, -0.1) is 11.8 Å². The van der Waals surface area contributed by atoms with Crippen molar-refractivity contribution in [2.24, 2.45) is 0 Å². The third-order valence-electron chi connectivity index (χ3n) is 4.36. The van der Waals surface area contributed by atoms with Crippen LogP contribution in [0, 0.1) is 0 Å². The molecule has 1 saturated carbocycles. The first kappa shape index (κ1) is 17.1. The van der Waals surface area contributed by atoms with Crippen LogP contribution in [0.15, 0.2) is 52.2 Å². The van der Waals surface area contributed by atoms with Gasteiger partial charge in [-0.25, -0.2) is 0 Å². The van der Waals surface area contributed by atoms with Crippen molar-refractivity contribution in [3.63, 3.8) is 0 Å². The summed E-state index contributed by atoms with van der Waals surface area (Å²) in [5.41, 5.74) is 3.89. The molecular weight excluding hydrogens is 318 g/mol. The van der Waals surface area contributed by atoms with E-state index >= 15 is 0 Å². The number of aromatic amines is 1. The predicted octanol–water partition coefficient (Wildman–Crippen LogP) is 4.18.